The number of rotatable bonds is 5. The second-order valence-electron chi connectivity index (χ2n) is 5.50. The topological polar surface area (TPSA) is 76.0 Å². The van der Waals surface area contributed by atoms with Crippen LogP contribution in [0, 0.1) is 5.92 Å². The van der Waals surface area contributed by atoms with Gasteiger partial charge in [0.05, 0.1) is 6.54 Å². The normalized spacial score (nSPS) is 10.5. The number of hydrogen-bond acceptors (Lipinski definition) is 3. The largest absolute Gasteiger partial charge is 0.273 e. The summed E-state index contributed by atoms with van der Waals surface area (Å²) >= 11 is 0. The number of nitrogens with one attached hydrogen (secondary N) is 2. The van der Waals surface area contributed by atoms with Crippen molar-refractivity contribution in [3.63, 3.8) is 0 Å². The summed E-state index contributed by atoms with van der Waals surface area (Å²) in [5.74, 6) is -0.278. The van der Waals surface area contributed by atoms with Crippen LogP contribution in [0.1, 0.15) is 36.2 Å². The number of carbonyl (C=O) groups excluding carboxylic acids is 2. The second-order valence-corrected chi connectivity index (χ2v) is 5.50. The van der Waals surface area contributed by atoms with Crippen molar-refractivity contribution in [1.82, 2.24) is 20.6 Å². The van der Waals surface area contributed by atoms with E-state index in [1.54, 1.807) is 23.0 Å². The fourth-order valence-electron chi connectivity index (χ4n) is 1.96. The predicted molar refractivity (Wildman–Crippen MR) is 82.8 cm³/mol. The Morgan fingerprint density at radius 3 is 2.50 bits per heavy atom. The Balaban J connectivity index is 1.87. The third-order valence-electron chi connectivity index (χ3n) is 3.03. The molecule has 2 rings (SSSR count). The molecule has 6 nitrogen and oxygen atoms in total. The third kappa shape index (κ3) is 4.73. The van der Waals surface area contributed by atoms with Gasteiger partial charge in [-0.3, -0.25) is 25.1 Å². The van der Waals surface area contributed by atoms with Gasteiger partial charge in [-0.25, -0.2) is 0 Å². The van der Waals surface area contributed by atoms with Gasteiger partial charge in [-0.1, -0.05) is 26.0 Å². The van der Waals surface area contributed by atoms with Gasteiger partial charge in [0.25, 0.3) is 5.91 Å². The molecule has 0 radical (unpaired) electrons. The van der Waals surface area contributed by atoms with Crippen LogP contribution in [0.3, 0.4) is 0 Å². The quantitative estimate of drug-likeness (QED) is 0.826. The molecule has 2 N–H and O–H groups in total. The minimum absolute atomic E-state index is 0.196. The van der Waals surface area contributed by atoms with Crippen LogP contribution in [0.15, 0.2) is 42.7 Å². The van der Waals surface area contributed by atoms with E-state index in [0.717, 1.165) is 5.56 Å². The first-order valence-electron chi connectivity index (χ1n) is 7.20. The SMILES string of the molecule is CC(C)CC(=O)NNC(=O)c1ccc(Cn2cccn2)cc1. The molecule has 1 aromatic carbocycles. The van der Waals surface area contributed by atoms with Crippen LogP contribution in [-0.4, -0.2) is 21.6 Å². The molecular formula is C16H20N4O2. The van der Waals surface area contributed by atoms with Crippen LogP contribution in [0.25, 0.3) is 0 Å². The Morgan fingerprint density at radius 2 is 1.91 bits per heavy atom. The summed E-state index contributed by atoms with van der Waals surface area (Å²) in [6.45, 7) is 4.54. The van der Waals surface area contributed by atoms with Crippen molar-refractivity contribution < 1.29 is 9.59 Å². The van der Waals surface area contributed by atoms with Crippen molar-refractivity contribution in [2.75, 3.05) is 0 Å². The average molecular weight is 300 g/mol. The lowest BCUT2D eigenvalue weighted by Crippen LogP contribution is -2.42. The number of hydrogen-bond donors (Lipinski definition) is 2. The first kappa shape index (κ1) is 15.8. The summed E-state index contributed by atoms with van der Waals surface area (Å²) in [7, 11) is 0. The van der Waals surface area contributed by atoms with Crippen molar-refractivity contribution in [3.05, 3.63) is 53.9 Å². The molecular weight excluding hydrogens is 280 g/mol. The number of carbonyl (C=O) groups is 2. The van der Waals surface area contributed by atoms with Gasteiger partial charge in [-0.15, -0.1) is 0 Å². The maximum Gasteiger partial charge on any atom is 0.269 e. The lowest BCUT2D eigenvalue weighted by molar-refractivity contribution is -0.122. The molecule has 0 fully saturated rings. The summed E-state index contributed by atoms with van der Waals surface area (Å²) in [4.78, 5) is 23.4. The van der Waals surface area contributed by atoms with Gasteiger partial charge in [-0.2, -0.15) is 5.10 Å². The molecule has 0 spiro atoms. The summed E-state index contributed by atoms with van der Waals surface area (Å²) < 4.78 is 1.81. The highest BCUT2D eigenvalue weighted by molar-refractivity contribution is 5.95. The number of hydrazine groups is 1. The predicted octanol–water partition coefficient (Wildman–Crippen LogP) is 1.74. The summed E-state index contributed by atoms with van der Waals surface area (Å²) in [5, 5.41) is 4.13. The van der Waals surface area contributed by atoms with E-state index in [1.165, 1.54) is 0 Å². The highest BCUT2D eigenvalue weighted by atomic mass is 16.2. The van der Waals surface area contributed by atoms with E-state index in [2.05, 4.69) is 16.0 Å². The van der Waals surface area contributed by atoms with Crippen LogP contribution in [0.4, 0.5) is 0 Å². The number of nitrogens with zero attached hydrogens (tertiary/aromatic N) is 2. The smallest absolute Gasteiger partial charge is 0.269 e. The maximum atomic E-state index is 11.9. The second kappa shape index (κ2) is 7.40. The van der Waals surface area contributed by atoms with Crippen molar-refractivity contribution in [3.8, 4) is 0 Å². The monoisotopic (exact) mass is 300 g/mol. The van der Waals surface area contributed by atoms with Gasteiger partial charge >= 0.3 is 0 Å². The Hall–Kier alpha value is -2.63. The summed E-state index contributed by atoms with van der Waals surface area (Å²) in [5.41, 5.74) is 6.36. The molecule has 0 bridgehead atoms. The van der Waals surface area contributed by atoms with E-state index in [9.17, 15) is 9.59 Å². The highest BCUT2D eigenvalue weighted by Crippen LogP contribution is 2.06. The molecule has 0 aliphatic heterocycles. The highest BCUT2D eigenvalue weighted by Gasteiger charge is 2.08. The van der Waals surface area contributed by atoms with Gasteiger partial charge in [0, 0.05) is 24.4 Å². The molecule has 116 valence electrons. The number of aromatic nitrogens is 2. The van der Waals surface area contributed by atoms with Crippen LogP contribution in [-0.2, 0) is 11.3 Å². The molecule has 22 heavy (non-hydrogen) atoms. The number of benzene rings is 1. The molecule has 0 unspecified atom stereocenters. The fourth-order valence-corrected chi connectivity index (χ4v) is 1.96. The van der Waals surface area contributed by atoms with Crippen LogP contribution in [0.2, 0.25) is 0 Å². The molecule has 0 atom stereocenters. The molecule has 1 aromatic heterocycles. The van der Waals surface area contributed by atoms with Crippen molar-refractivity contribution in [2.45, 2.75) is 26.8 Å². The van der Waals surface area contributed by atoms with E-state index in [4.69, 9.17) is 0 Å². The van der Waals surface area contributed by atoms with E-state index in [0.29, 0.717) is 18.5 Å². The molecule has 2 amide bonds. The van der Waals surface area contributed by atoms with Gasteiger partial charge in [0.15, 0.2) is 0 Å². The third-order valence-corrected chi connectivity index (χ3v) is 3.03. The zero-order valence-electron chi connectivity index (χ0n) is 12.7. The first-order chi connectivity index (χ1) is 10.5. The molecule has 1 heterocycles. The van der Waals surface area contributed by atoms with E-state index < -0.39 is 0 Å². The van der Waals surface area contributed by atoms with E-state index in [-0.39, 0.29) is 17.7 Å². The Bertz CT molecular complexity index is 618. The minimum Gasteiger partial charge on any atom is -0.273 e. The molecule has 0 saturated carbocycles. The minimum atomic E-state index is -0.331. The lowest BCUT2D eigenvalue weighted by atomic mass is 10.1. The standard InChI is InChI=1S/C16H20N4O2/c1-12(2)10-15(21)18-19-16(22)14-6-4-13(5-7-14)11-20-9-3-8-17-20/h3-9,12H,10-11H2,1-2H3,(H,18,21)(H,19,22). The van der Waals surface area contributed by atoms with Gasteiger partial charge < -0.3 is 0 Å². The Morgan fingerprint density at radius 1 is 1.18 bits per heavy atom. The molecule has 2 aromatic rings. The fraction of sp³-hybridized carbons (Fsp3) is 0.312. The lowest BCUT2D eigenvalue weighted by Gasteiger charge is -2.09. The Kier molecular flexibility index (Phi) is 5.30. The van der Waals surface area contributed by atoms with Crippen molar-refractivity contribution >= 4 is 11.8 Å². The average Bonchev–Trinajstić information content (AvgIpc) is 2.98. The zero-order chi connectivity index (χ0) is 15.9. The zero-order valence-corrected chi connectivity index (χ0v) is 12.7. The molecule has 6 heteroatoms. The Labute approximate surface area is 129 Å². The number of amides is 2. The summed E-state index contributed by atoms with van der Waals surface area (Å²) in [6, 6.07) is 9.05. The summed E-state index contributed by atoms with van der Waals surface area (Å²) in [6.07, 6.45) is 3.98. The maximum absolute atomic E-state index is 11.9. The van der Waals surface area contributed by atoms with Crippen molar-refractivity contribution in [2.24, 2.45) is 5.92 Å². The van der Waals surface area contributed by atoms with Gasteiger partial charge in [0.1, 0.15) is 0 Å². The van der Waals surface area contributed by atoms with Crippen LogP contribution in [0.5, 0.6) is 0 Å². The van der Waals surface area contributed by atoms with Crippen LogP contribution < -0.4 is 10.9 Å². The first-order valence-corrected chi connectivity index (χ1v) is 7.20. The van der Waals surface area contributed by atoms with Gasteiger partial charge in [-0.05, 0) is 29.7 Å². The van der Waals surface area contributed by atoms with Crippen molar-refractivity contribution in [1.29, 1.82) is 0 Å². The molecule has 0 aliphatic rings. The molecule has 0 aliphatic carbocycles. The van der Waals surface area contributed by atoms with E-state index in [1.807, 2.05) is 38.2 Å². The molecule has 0 saturated heterocycles. The van der Waals surface area contributed by atoms with E-state index >= 15 is 0 Å². The van der Waals surface area contributed by atoms with Gasteiger partial charge in [0.2, 0.25) is 5.91 Å². The van der Waals surface area contributed by atoms with Crippen LogP contribution >= 0.6 is 0 Å².